The maximum atomic E-state index is 2.26. The number of fused-ring (bicyclic) bond motifs is 2. The van der Waals surface area contributed by atoms with Gasteiger partial charge in [0.25, 0.3) is 0 Å². The van der Waals surface area contributed by atoms with E-state index in [0.717, 1.165) is 0 Å². The van der Waals surface area contributed by atoms with E-state index in [1.165, 1.54) is 0 Å². The second-order valence-corrected chi connectivity index (χ2v) is 3.58. The van der Waals surface area contributed by atoms with Gasteiger partial charge in [0.05, 0.1) is 0 Å². The van der Waals surface area contributed by atoms with Crippen molar-refractivity contribution in [2.75, 3.05) is 0 Å². The van der Waals surface area contributed by atoms with Crippen LogP contribution in [0.4, 0.5) is 0 Å². The van der Waals surface area contributed by atoms with Crippen molar-refractivity contribution < 1.29 is 0 Å². The Morgan fingerprint density at radius 2 is 1.33 bits per heavy atom. The zero-order chi connectivity index (χ0) is 6.10. The molecule has 0 fully saturated rings. The van der Waals surface area contributed by atoms with Gasteiger partial charge in [0, 0.05) is 10.5 Å². The first kappa shape index (κ1) is 5.36. The standard InChI is InChI=1S/C8H8S/c1-2-4-8-6-5-7(3-1)9-8/h1-8H. The lowest BCUT2D eigenvalue weighted by Crippen LogP contribution is -1.89. The van der Waals surface area contributed by atoms with Gasteiger partial charge in [-0.3, -0.25) is 0 Å². The third-order valence-electron chi connectivity index (χ3n) is 1.52. The van der Waals surface area contributed by atoms with Gasteiger partial charge in [0.2, 0.25) is 0 Å². The molecule has 0 aromatic heterocycles. The molecule has 2 aliphatic rings. The maximum absolute atomic E-state index is 2.26. The van der Waals surface area contributed by atoms with E-state index in [1.807, 2.05) is 11.8 Å². The SMILES string of the molecule is C1=CC2C=CC(C=C1)S2. The highest BCUT2D eigenvalue weighted by Gasteiger charge is 2.15. The Balaban J connectivity index is 2.31. The Hall–Kier alpha value is -0.430. The summed E-state index contributed by atoms with van der Waals surface area (Å²) >= 11 is 1.99. The quantitative estimate of drug-likeness (QED) is 0.460. The maximum Gasteiger partial charge on any atom is 0.0420 e. The molecule has 0 radical (unpaired) electrons. The zero-order valence-corrected chi connectivity index (χ0v) is 5.84. The number of allylic oxidation sites excluding steroid dienone is 2. The molecule has 0 nitrogen and oxygen atoms in total. The summed E-state index contributed by atoms with van der Waals surface area (Å²) in [6, 6.07) is 0. The molecule has 0 aromatic rings. The van der Waals surface area contributed by atoms with Crippen LogP contribution in [0.3, 0.4) is 0 Å². The van der Waals surface area contributed by atoms with Crippen LogP contribution in [0.15, 0.2) is 36.5 Å². The minimum absolute atomic E-state index is 0.644. The second kappa shape index (κ2) is 2.07. The minimum atomic E-state index is 0.644. The lowest BCUT2D eigenvalue weighted by molar-refractivity contribution is 1.41. The van der Waals surface area contributed by atoms with E-state index in [-0.39, 0.29) is 0 Å². The molecule has 0 aromatic carbocycles. The molecular weight excluding hydrogens is 128 g/mol. The monoisotopic (exact) mass is 136 g/mol. The summed E-state index contributed by atoms with van der Waals surface area (Å²) in [4.78, 5) is 0. The van der Waals surface area contributed by atoms with Crippen molar-refractivity contribution in [3.8, 4) is 0 Å². The molecule has 2 heterocycles. The molecule has 0 saturated heterocycles. The van der Waals surface area contributed by atoms with Gasteiger partial charge >= 0.3 is 0 Å². The Kier molecular flexibility index (Phi) is 1.23. The molecule has 0 aliphatic carbocycles. The Morgan fingerprint density at radius 1 is 0.778 bits per heavy atom. The van der Waals surface area contributed by atoms with Crippen LogP contribution < -0.4 is 0 Å². The summed E-state index contributed by atoms with van der Waals surface area (Å²) < 4.78 is 0. The van der Waals surface area contributed by atoms with Crippen LogP contribution >= 0.6 is 11.8 Å². The minimum Gasteiger partial charge on any atom is -0.138 e. The van der Waals surface area contributed by atoms with Crippen molar-refractivity contribution in [3.05, 3.63) is 36.5 Å². The number of hydrogen-bond acceptors (Lipinski definition) is 1. The highest BCUT2D eigenvalue weighted by Crippen LogP contribution is 2.30. The lowest BCUT2D eigenvalue weighted by Gasteiger charge is -1.99. The highest BCUT2D eigenvalue weighted by molar-refractivity contribution is 8.01. The Bertz CT molecular complexity index is 169. The van der Waals surface area contributed by atoms with Crippen molar-refractivity contribution in [1.29, 1.82) is 0 Å². The second-order valence-electron chi connectivity index (χ2n) is 2.22. The van der Waals surface area contributed by atoms with E-state index in [4.69, 9.17) is 0 Å². The largest absolute Gasteiger partial charge is 0.138 e. The first-order valence-electron chi connectivity index (χ1n) is 3.14. The zero-order valence-electron chi connectivity index (χ0n) is 5.03. The van der Waals surface area contributed by atoms with E-state index in [9.17, 15) is 0 Å². The van der Waals surface area contributed by atoms with Crippen LogP contribution in [-0.4, -0.2) is 10.5 Å². The fraction of sp³-hybridized carbons (Fsp3) is 0.250. The lowest BCUT2D eigenvalue weighted by atomic mass is 10.2. The van der Waals surface area contributed by atoms with Crippen molar-refractivity contribution in [2.45, 2.75) is 10.5 Å². The van der Waals surface area contributed by atoms with Crippen LogP contribution in [-0.2, 0) is 0 Å². The fourth-order valence-corrected chi connectivity index (χ4v) is 2.15. The third kappa shape index (κ3) is 0.969. The summed E-state index contributed by atoms with van der Waals surface area (Å²) in [5.74, 6) is 0. The van der Waals surface area contributed by atoms with Gasteiger partial charge < -0.3 is 0 Å². The molecule has 2 bridgehead atoms. The summed E-state index contributed by atoms with van der Waals surface area (Å²) in [7, 11) is 0. The number of rotatable bonds is 0. The average molecular weight is 136 g/mol. The van der Waals surface area contributed by atoms with Crippen molar-refractivity contribution in [3.63, 3.8) is 0 Å². The summed E-state index contributed by atoms with van der Waals surface area (Å²) in [5.41, 5.74) is 0. The number of hydrogen-bond donors (Lipinski definition) is 0. The van der Waals surface area contributed by atoms with Gasteiger partial charge in [-0.2, -0.15) is 0 Å². The van der Waals surface area contributed by atoms with Gasteiger partial charge in [-0.25, -0.2) is 0 Å². The predicted molar refractivity (Wildman–Crippen MR) is 42.6 cm³/mol. The van der Waals surface area contributed by atoms with E-state index in [2.05, 4.69) is 36.5 Å². The molecule has 46 valence electrons. The van der Waals surface area contributed by atoms with Crippen LogP contribution in [0.5, 0.6) is 0 Å². The summed E-state index contributed by atoms with van der Waals surface area (Å²) in [6.07, 6.45) is 13.2. The molecule has 0 N–H and O–H groups in total. The van der Waals surface area contributed by atoms with Crippen molar-refractivity contribution in [1.82, 2.24) is 0 Å². The normalized spacial score (nSPS) is 37.3. The molecule has 2 atom stereocenters. The van der Waals surface area contributed by atoms with Crippen LogP contribution in [0.25, 0.3) is 0 Å². The summed E-state index contributed by atoms with van der Waals surface area (Å²) in [6.45, 7) is 0. The molecule has 9 heavy (non-hydrogen) atoms. The van der Waals surface area contributed by atoms with E-state index in [1.54, 1.807) is 0 Å². The van der Waals surface area contributed by atoms with Crippen LogP contribution in [0.2, 0.25) is 0 Å². The van der Waals surface area contributed by atoms with Crippen LogP contribution in [0, 0.1) is 0 Å². The average Bonchev–Trinajstić information content (AvgIpc) is 2.09. The van der Waals surface area contributed by atoms with Gasteiger partial charge in [-0.15, -0.1) is 11.8 Å². The Labute approximate surface area is 59.3 Å². The van der Waals surface area contributed by atoms with Crippen molar-refractivity contribution >= 4 is 11.8 Å². The fourth-order valence-electron chi connectivity index (χ4n) is 1.06. The van der Waals surface area contributed by atoms with Gasteiger partial charge in [0.1, 0.15) is 0 Å². The molecule has 2 rings (SSSR count). The molecule has 0 saturated carbocycles. The van der Waals surface area contributed by atoms with E-state index >= 15 is 0 Å². The molecule has 0 amide bonds. The van der Waals surface area contributed by atoms with Gasteiger partial charge in [-0.05, 0) is 0 Å². The Morgan fingerprint density at radius 3 is 1.89 bits per heavy atom. The topological polar surface area (TPSA) is 0 Å². The molecular formula is C8H8S. The molecule has 2 unspecified atom stereocenters. The first-order valence-corrected chi connectivity index (χ1v) is 4.08. The van der Waals surface area contributed by atoms with E-state index in [0.29, 0.717) is 10.5 Å². The number of thioether (sulfide) groups is 1. The first-order chi connectivity index (χ1) is 4.45. The highest BCUT2D eigenvalue weighted by atomic mass is 32.2. The predicted octanol–water partition coefficient (Wildman–Crippen LogP) is 2.15. The molecule has 0 spiro atoms. The van der Waals surface area contributed by atoms with Gasteiger partial charge in [0.15, 0.2) is 0 Å². The smallest absolute Gasteiger partial charge is 0.0420 e. The third-order valence-corrected chi connectivity index (χ3v) is 2.77. The molecule has 2 aliphatic heterocycles. The molecule has 1 heteroatoms. The summed E-state index contributed by atoms with van der Waals surface area (Å²) in [5, 5.41) is 1.29. The van der Waals surface area contributed by atoms with Crippen LogP contribution in [0.1, 0.15) is 0 Å². The van der Waals surface area contributed by atoms with Gasteiger partial charge in [-0.1, -0.05) is 36.5 Å². The van der Waals surface area contributed by atoms with E-state index < -0.39 is 0 Å². The van der Waals surface area contributed by atoms with Crippen molar-refractivity contribution in [2.24, 2.45) is 0 Å².